The Morgan fingerprint density at radius 2 is 1.84 bits per heavy atom. The van der Waals surface area contributed by atoms with E-state index >= 15 is 0 Å². The molecule has 1 aromatic carbocycles. The molecule has 0 spiro atoms. The number of carbonyl (C=O) groups excluding carboxylic acids is 2. The van der Waals surface area contributed by atoms with E-state index in [1.54, 1.807) is 23.6 Å². The van der Waals surface area contributed by atoms with Crippen molar-refractivity contribution in [1.29, 1.82) is 0 Å². The van der Waals surface area contributed by atoms with E-state index in [9.17, 15) is 9.59 Å². The average molecular weight is 347 g/mol. The Labute approximate surface area is 149 Å². The zero-order chi connectivity index (χ0) is 18.4. The maximum atomic E-state index is 12.3. The Balaban J connectivity index is 1.88. The molecule has 0 bridgehead atoms. The molecular formula is C19H27N2O4+. The van der Waals surface area contributed by atoms with Gasteiger partial charge >= 0.3 is 12.2 Å². The van der Waals surface area contributed by atoms with Crippen LogP contribution in [0.25, 0.3) is 0 Å². The summed E-state index contributed by atoms with van der Waals surface area (Å²) in [5, 5.41) is 0. The minimum absolute atomic E-state index is 0.0122. The molecule has 0 unspecified atom stereocenters. The highest BCUT2D eigenvalue weighted by Gasteiger charge is 2.32. The van der Waals surface area contributed by atoms with Crippen LogP contribution in [-0.2, 0) is 16.1 Å². The molecule has 0 aromatic heterocycles. The van der Waals surface area contributed by atoms with Crippen LogP contribution in [0.2, 0.25) is 0 Å². The van der Waals surface area contributed by atoms with Gasteiger partial charge < -0.3 is 19.3 Å². The first-order valence-corrected chi connectivity index (χ1v) is 8.57. The molecule has 1 saturated heterocycles. The quantitative estimate of drug-likeness (QED) is 0.786. The summed E-state index contributed by atoms with van der Waals surface area (Å²) in [4.78, 5) is 27.9. The van der Waals surface area contributed by atoms with Crippen molar-refractivity contribution in [3.63, 3.8) is 0 Å². The lowest BCUT2D eigenvalue weighted by Crippen LogP contribution is -2.43. The van der Waals surface area contributed by atoms with E-state index in [-0.39, 0.29) is 18.7 Å². The number of carbonyl (C=O) groups is 2. The molecule has 1 atom stereocenters. The predicted octanol–water partition coefficient (Wildman–Crippen LogP) is 3.47. The maximum Gasteiger partial charge on any atom is 0.413 e. The van der Waals surface area contributed by atoms with E-state index in [1.165, 1.54) is 0 Å². The van der Waals surface area contributed by atoms with Crippen molar-refractivity contribution in [3.05, 3.63) is 42.8 Å². The molecule has 2 amide bonds. The first-order valence-electron chi connectivity index (χ1n) is 8.57. The van der Waals surface area contributed by atoms with Crippen LogP contribution >= 0.6 is 0 Å². The molecule has 0 N–H and O–H groups in total. The van der Waals surface area contributed by atoms with Crippen molar-refractivity contribution in [3.8, 4) is 0 Å². The van der Waals surface area contributed by atoms with E-state index in [0.717, 1.165) is 5.56 Å². The third kappa shape index (κ3) is 5.89. The third-order valence-corrected chi connectivity index (χ3v) is 4.02. The smallest absolute Gasteiger partial charge is 0.413 e. The normalized spacial score (nSPS) is 18.4. The van der Waals surface area contributed by atoms with Crippen molar-refractivity contribution in [2.75, 3.05) is 19.6 Å². The van der Waals surface area contributed by atoms with Crippen LogP contribution in [0.4, 0.5) is 9.59 Å². The van der Waals surface area contributed by atoms with Crippen LogP contribution in [0.1, 0.15) is 32.8 Å². The van der Waals surface area contributed by atoms with Gasteiger partial charge in [0.15, 0.2) is 0 Å². The molecule has 1 aromatic rings. The summed E-state index contributed by atoms with van der Waals surface area (Å²) in [5.41, 5.74) is 0.166. The van der Waals surface area contributed by atoms with Gasteiger partial charge in [-0.15, -0.1) is 0 Å². The first kappa shape index (κ1) is 19.0. The molecule has 136 valence electrons. The molecule has 6 nitrogen and oxygen atoms in total. The second-order valence-electron chi connectivity index (χ2n) is 6.99. The first-order chi connectivity index (χ1) is 11.8. The molecule has 0 radical (unpaired) electrons. The van der Waals surface area contributed by atoms with Crippen molar-refractivity contribution in [2.45, 2.75) is 45.4 Å². The standard InChI is InChI=1S/C19H27N2O4/c1-15-10-11-20(12-13-21(15)18(23)25-19(2,3)4)17(22)24-14-16-8-6-5-7-9-16/h5-9,15H,2,10-14H2,1,3-4H3/q+1/t15-/m1/s1. The molecule has 1 aliphatic heterocycles. The summed E-state index contributed by atoms with van der Waals surface area (Å²) in [6, 6.07) is 9.55. The summed E-state index contributed by atoms with van der Waals surface area (Å²) in [6.45, 7) is 10.8. The molecular weight excluding hydrogens is 320 g/mol. The number of nitrogens with zero attached hydrogens (tertiary/aromatic N) is 2. The number of rotatable bonds is 3. The number of ether oxygens (including phenoxy) is 2. The van der Waals surface area contributed by atoms with Gasteiger partial charge in [-0.25, -0.2) is 9.59 Å². The highest BCUT2D eigenvalue weighted by molar-refractivity contribution is 5.70. The van der Waals surface area contributed by atoms with Crippen molar-refractivity contribution < 1.29 is 19.1 Å². The number of hydrogen-bond acceptors (Lipinski definition) is 4. The van der Waals surface area contributed by atoms with E-state index in [1.807, 2.05) is 37.3 Å². The second-order valence-corrected chi connectivity index (χ2v) is 6.99. The topological polar surface area (TPSA) is 59.1 Å². The van der Waals surface area contributed by atoms with Gasteiger partial charge in [-0.3, -0.25) is 0 Å². The van der Waals surface area contributed by atoms with Gasteiger partial charge in [-0.1, -0.05) is 30.3 Å². The van der Waals surface area contributed by atoms with Crippen LogP contribution in [-0.4, -0.2) is 53.3 Å². The van der Waals surface area contributed by atoms with Crippen molar-refractivity contribution in [2.24, 2.45) is 0 Å². The number of amides is 2. The SMILES string of the molecule is [CH2+]C(C)(C)OC(=O)N1CCN(C(=O)OCc2ccccc2)CC[C@H]1C. The minimum atomic E-state index is -0.780. The van der Waals surface area contributed by atoms with Crippen LogP contribution in [0, 0.1) is 6.92 Å². The van der Waals surface area contributed by atoms with Gasteiger partial charge in [0.1, 0.15) is 13.5 Å². The van der Waals surface area contributed by atoms with Gasteiger partial charge in [0.05, 0.1) is 0 Å². The molecule has 0 saturated carbocycles. The highest BCUT2D eigenvalue weighted by Crippen LogP contribution is 2.16. The number of benzene rings is 1. The Morgan fingerprint density at radius 1 is 1.16 bits per heavy atom. The monoisotopic (exact) mass is 347 g/mol. The number of hydrogen-bond donors (Lipinski definition) is 0. The predicted molar refractivity (Wildman–Crippen MR) is 94.9 cm³/mol. The van der Waals surface area contributed by atoms with Crippen molar-refractivity contribution in [1.82, 2.24) is 9.80 Å². The highest BCUT2D eigenvalue weighted by atomic mass is 16.6. The molecule has 0 aliphatic carbocycles. The summed E-state index contributed by atoms with van der Waals surface area (Å²) < 4.78 is 10.7. The fraction of sp³-hybridized carbons (Fsp3) is 0.526. The van der Waals surface area contributed by atoms with Gasteiger partial charge in [-0.05, 0) is 18.9 Å². The lowest BCUT2D eigenvalue weighted by atomic mass is 10.2. The summed E-state index contributed by atoms with van der Waals surface area (Å²) in [5.74, 6) is 0. The fourth-order valence-electron chi connectivity index (χ4n) is 2.62. The van der Waals surface area contributed by atoms with Crippen LogP contribution < -0.4 is 0 Å². The summed E-state index contributed by atoms with van der Waals surface area (Å²) in [7, 11) is 0. The molecule has 6 heteroatoms. The third-order valence-electron chi connectivity index (χ3n) is 4.02. The Bertz CT molecular complexity index is 583. The summed E-state index contributed by atoms with van der Waals surface area (Å²) in [6.07, 6.45) is -0.0802. The van der Waals surface area contributed by atoms with Crippen molar-refractivity contribution >= 4 is 12.2 Å². The Kier molecular flexibility index (Phi) is 6.17. The van der Waals surface area contributed by atoms with Crippen LogP contribution in [0.15, 0.2) is 30.3 Å². The van der Waals surface area contributed by atoms with Gasteiger partial charge in [0, 0.05) is 39.5 Å². The van der Waals surface area contributed by atoms with E-state index < -0.39 is 11.7 Å². The lowest BCUT2D eigenvalue weighted by molar-refractivity contribution is 0.0321. The molecule has 1 heterocycles. The molecule has 25 heavy (non-hydrogen) atoms. The largest absolute Gasteiger partial charge is 0.445 e. The van der Waals surface area contributed by atoms with Gasteiger partial charge in [-0.2, -0.15) is 0 Å². The summed E-state index contributed by atoms with van der Waals surface area (Å²) >= 11 is 0. The van der Waals surface area contributed by atoms with Crippen LogP contribution in [0.5, 0.6) is 0 Å². The maximum absolute atomic E-state index is 12.3. The zero-order valence-corrected chi connectivity index (χ0v) is 15.2. The fourth-order valence-corrected chi connectivity index (χ4v) is 2.62. The molecule has 2 rings (SSSR count). The Hall–Kier alpha value is -2.37. The second kappa shape index (κ2) is 8.14. The molecule has 1 fully saturated rings. The van der Waals surface area contributed by atoms with Gasteiger partial charge in [0.25, 0.3) is 0 Å². The lowest BCUT2D eigenvalue weighted by Gasteiger charge is -2.27. The van der Waals surface area contributed by atoms with Crippen LogP contribution in [0.3, 0.4) is 0 Å². The average Bonchev–Trinajstić information content (AvgIpc) is 2.74. The Morgan fingerprint density at radius 3 is 2.48 bits per heavy atom. The van der Waals surface area contributed by atoms with E-state index in [2.05, 4.69) is 6.92 Å². The van der Waals surface area contributed by atoms with E-state index in [4.69, 9.17) is 9.47 Å². The zero-order valence-electron chi connectivity index (χ0n) is 15.2. The molecule has 1 aliphatic rings. The van der Waals surface area contributed by atoms with E-state index in [0.29, 0.717) is 26.1 Å². The minimum Gasteiger partial charge on any atom is -0.445 e. The van der Waals surface area contributed by atoms with Gasteiger partial charge in [0.2, 0.25) is 5.60 Å².